The first-order valence-electron chi connectivity index (χ1n) is 7.46. The summed E-state index contributed by atoms with van der Waals surface area (Å²) in [6.07, 6.45) is 2.50. The minimum atomic E-state index is -0.721. The Kier molecular flexibility index (Phi) is 4.30. The van der Waals surface area contributed by atoms with Crippen molar-refractivity contribution < 1.29 is 19.0 Å². The van der Waals surface area contributed by atoms with Gasteiger partial charge >= 0.3 is 0 Å². The maximum Gasteiger partial charge on any atom is 0.235 e. The highest BCUT2D eigenvalue weighted by Gasteiger charge is 2.52. The molecule has 1 spiro atoms. The van der Waals surface area contributed by atoms with E-state index in [4.69, 9.17) is 25.8 Å². The number of hydrogen-bond acceptors (Lipinski definition) is 4. The molecule has 3 rings (SSSR count). The molecule has 6 heteroatoms. The van der Waals surface area contributed by atoms with Crippen molar-refractivity contribution in [2.75, 3.05) is 32.3 Å². The number of ether oxygens (including phenoxy) is 3. The molecular formula is C16H20ClNO4. The molecule has 0 unspecified atom stereocenters. The third-order valence-electron chi connectivity index (χ3n) is 4.48. The van der Waals surface area contributed by atoms with E-state index < -0.39 is 5.79 Å². The molecule has 1 heterocycles. The van der Waals surface area contributed by atoms with Crippen LogP contribution < -0.4 is 9.64 Å². The maximum absolute atomic E-state index is 12.9. The summed E-state index contributed by atoms with van der Waals surface area (Å²) in [5.74, 6) is -0.394. The molecule has 1 saturated heterocycles. The summed E-state index contributed by atoms with van der Waals surface area (Å²) in [6, 6.07) is 5.31. The Labute approximate surface area is 135 Å². The van der Waals surface area contributed by atoms with Gasteiger partial charge in [0.15, 0.2) is 5.79 Å². The van der Waals surface area contributed by atoms with E-state index in [1.807, 2.05) is 6.07 Å². The first-order chi connectivity index (χ1) is 10.6. The highest BCUT2D eigenvalue weighted by atomic mass is 35.5. The van der Waals surface area contributed by atoms with Crippen LogP contribution in [0.15, 0.2) is 18.2 Å². The van der Waals surface area contributed by atoms with Crippen molar-refractivity contribution in [3.63, 3.8) is 0 Å². The Bertz CT molecular complexity index is 566. The highest BCUT2D eigenvalue weighted by molar-refractivity contribution is 6.32. The van der Waals surface area contributed by atoms with Crippen LogP contribution in [0, 0.1) is 5.92 Å². The van der Waals surface area contributed by atoms with Crippen LogP contribution in [0.2, 0.25) is 5.02 Å². The second-order valence-electron chi connectivity index (χ2n) is 5.67. The van der Waals surface area contributed by atoms with Crippen LogP contribution in [0.1, 0.15) is 19.3 Å². The van der Waals surface area contributed by atoms with Crippen LogP contribution in [0.25, 0.3) is 0 Å². The second kappa shape index (κ2) is 6.07. The molecule has 0 aromatic heterocycles. The maximum atomic E-state index is 12.9. The van der Waals surface area contributed by atoms with Crippen molar-refractivity contribution in [3.8, 4) is 5.75 Å². The molecule has 0 bridgehead atoms. The summed E-state index contributed by atoms with van der Waals surface area (Å²) in [5, 5.41) is 0.481. The number of carbonyl (C=O) groups is 1. The molecule has 1 saturated carbocycles. The summed E-state index contributed by atoms with van der Waals surface area (Å²) in [6.45, 7) is 1.11. The predicted molar refractivity (Wildman–Crippen MR) is 83.4 cm³/mol. The van der Waals surface area contributed by atoms with Gasteiger partial charge in [-0.1, -0.05) is 11.6 Å². The number of halogens is 1. The van der Waals surface area contributed by atoms with Crippen molar-refractivity contribution in [1.29, 1.82) is 0 Å². The van der Waals surface area contributed by atoms with Gasteiger partial charge < -0.3 is 19.1 Å². The zero-order valence-corrected chi connectivity index (χ0v) is 13.6. The molecular weight excluding hydrogens is 306 g/mol. The lowest BCUT2D eigenvalue weighted by molar-refractivity contribution is -0.185. The number of carbonyl (C=O) groups excluding carboxylic acids is 1. The van der Waals surface area contributed by atoms with Gasteiger partial charge in [-0.25, -0.2) is 0 Å². The molecule has 0 N–H and O–H groups in total. The van der Waals surface area contributed by atoms with E-state index in [2.05, 4.69) is 0 Å². The number of anilines is 1. The first kappa shape index (κ1) is 15.6. The number of nitrogens with zero attached hydrogens (tertiary/aromatic N) is 1. The zero-order valence-electron chi connectivity index (χ0n) is 12.8. The SMILES string of the molecule is COc1ccc(N(C)C(=O)[C@@H]2CCCC23OCCO3)cc1Cl. The molecule has 2 aliphatic rings. The largest absolute Gasteiger partial charge is 0.495 e. The average molecular weight is 326 g/mol. The van der Waals surface area contributed by atoms with Crippen molar-refractivity contribution in [2.45, 2.75) is 25.0 Å². The molecule has 1 aromatic carbocycles. The fourth-order valence-corrected chi connectivity index (χ4v) is 3.55. The smallest absolute Gasteiger partial charge is 0.235 e. The minimum Gasteiger partial charge on any atom is -0.495 e. The molecule has 22 heavy (non-hydrogen) atoms. The molecule has 1 aromatic rings. The summed E-state index contributed by atoms with van der Waals surface area (Å²) in [7, 11) is 3.31. The Morgan fingerprint density at radius 1 is 1.41 bits per heavy atom. The van der Waals surface area contributed by atoms with Gasteiger partial charge in [-0.05, 0) is 31.0 Å². The Hall–Kier alpha value is -1.30. The van der Waals surface area contributed by atoms with E-state index in [1.165, 1.54) is 0 Å². The Balaban J connectivity index is 1.81. The van der Waals surface area contributed by atoms with E-state index in [0.29, 0.717) is 24.0 Å². The van der Waals surface area contributed by atoms with Gasteiger partial charge in [0.05, 0.1) is 31.3 Å². The fraction of sp³-hybridized carbons (Fsp3) is 0.562. The van der Waals surface area contributed by atoms with Gasteiger partial charge in [-0.15, -0.1) is 0 Å². The van der Waals surface area contributed by atoms with Crippen molar-refractivity contribution >= 4 is 23.2 Å². The highest BCUT2D eigenvalue weighted by Crippen LogP contribution is 2.43. The second-order valence-corrected chi connectivity index (χ2v) is 6.08. The summed E-state index contributed by atoms with van der Waals surface area (Å²) >= 11 is 6.15. The van der Waals surface area contributed by atoms with E-state index in [1.54, 1.807) is 31.2 Å². The lowest BCUT2D eigenvalue weighted by Crippen LogP contribution is -2.45. The molecule has 1 atom stereocenters. The summed E-state index contributed by atoms with van der Waals surface area (Å²) in [4.78, 5) is 14.5. The monoisotopic (exact) mass is 325 g/mol. The van der Waals surface area contributed by atoms with Crippen molar-refractivity contribution in [3.05, 3.63) is 23.2 Å². The van der Waals surface area contributed by atoms with Gasteiger partial charge in [0.25, 0.3) is 0 Å². The van der Waals surface area contributed by atoms with Crippen LogP contribution in [-0.4, -0.2) is 39.1 Å². The van der Waals surface area contributed by atoms with Crippen molar-refractivity contribution in [1.82, 2.24) is 0 Å². The molecule has 120 valence electrons. The number of amides is 1. The normalized spacial score (nSPS) is 23.0. The van der Waals surface area contributed by atoms with Crippen LogP contribution >= 0.6 is 11.6 Å². The van der Waals surface area contributed by atoms with Gasteiger partial charge in [-0.2, -0.15) is 0 Å². The number of benzene rings is 1. The zero-order chi connectivity index (χ0) is 15.7. The van der Waals surface area contributed by atoms with E-state index in [-0.39, 0.29) is 11.8 Å². The topological polar surface area (TPSA) is 48.0 Å². The molecule has 1 aliphatic carbocycles. The summed E-state index contributed by atoms with van der Waals surface area (Å²) < 4.78 is 16.7. The number of methoxy groups -OCH3 is 1. The quantitative estimate of drug-likeness (QED) is 0.857. The van der Waals surface area contributed by atoms with E-state index in [0.717, 1.165) is 24.9 Å². The number of rotatable bonds is 3. The fourth-order valence-electron chi connectivity index (χ4n) is 3.30. The first-order valence-corrected chi connectivity index (χ1v) is 7.84. The van der Waals surface area contributed by atoms with E-state index in [9.17, 15) is 4.79 Å². The van der Waals surface area contributed by atoms with Gasteiger partial charge in [0, 0.05) is 19.2 Å². The lowest BCUT2D eigenvalue weighted by Gasteiger charge is -2.31. The van der Waals surface area contributed by atoms with Crippen LogP contribution in [0.3, 0.4) is 0 Å². The number of hydrogen-bond donors (Lipinski definition) is 0. The third kappa shape index (κ3) is 2.57. The van der Waals surface area contributed by atoms with Gasteiger partial charge in [0.1, 0.15) is 5.75 Å². The molecule has 5 nitrogen and oxygen atoms in total. The van der Waals surface area contributed by atoms with Crippen LogP contribution in [0.4, 0.5) is 5.69 Å². The Morgan fingerprint density at radius 2 is 2.14 bits per heavy atom. The summed E-state index contributed by atoms with van der Waals surface area (Å²) in [5.41, 5.74) is 0.732. The van der Waals surface area contributed by atoms with Crippen molar-refractivity contribution in [2.24, 2.45) is 5.92 Å². The van der Waals surface area contributed by atoms with Gasteiger partial charge in [0.2, 0.25) is 5.91 Å². The molecule has 1 amide bonds. The Morgan fingerprint density at radius 3 is 2.77 bits per heavy atom. The van der Waals surface area contributed by atoms with Gasteiger partial charge in [-0.3, -0.25) is 4.79 Å². The van der Waals surface area contributed by atoms with Crippen LogP contribution in [0.5, 0.6) is 5.75 Å². The molecule has 1 aliphatic heterocycles. The molecule has 0 radical (unpaired) electrons. The predicted octanol–water partition coefficient (Wildman–Crippen LogP) is 2.85. The lowest BCUT2D eigenvalue weighted by atomic mass is 10.0. The standard InChI is InChI=1S/C16H20ClNO4/c1-18(11-5-6-14(20-2)13(17)10-11)15(19)12-4-3-7-16(12)21-8-9-22-16/h5-6,10,12H,3-4,7-9H2,1-2H3/t12-/m0/s1. The van der Waals surface area contributed by atoms with Crippen LogP contribution in [-0.2, 0) is 14.3 Å². The average Bonchev–Trinajstić information content (AvgIpc) is 3.16. The van der Waals surface area contributed by atoms with E-state index >= 15 is 0 Å². The molecule has 2 fully saturated rings. The minimum absolute atomic E-state index is 0.000587. The third-order valence-corrected chi connectivity index (χ3v) is 4.77.